The van der Waals surface area contributed by atoms with Gasteiger partial charge in [0.2, 0.25) is 0 Å². The van der Waals surface area contributed by atoms with E-state index in [-0.39, 0.29) is 18.0 Å². The van der Waals surface area contributed by atoms with Gasteiger partial charge in [-0.05, 0) is 61.9 Å². The average molecular weight is 507 g/mol. The van der Waals surface area contributed by atoms with E-state index >= 15 is 0 Å². The van der Waals surface area contributed by atoms with E-state index in [0.717, 1.165) is 23.4 Å². The van der Waals surface area contributed by atoms with Gasteiger partial charge in [0.05, 0.1) is 27.4 Å². The molecule has 5 aromatic rings. The van der Waals surface area contributed by atoms with Crippen molar-refractivity contribution in [3.05, 3.63) is 96.1 Å². The van der Waals surface area contributed by atoms with Crippen LogP contribution in [0.1, 0.15) is 35.3 Å². The summed E-state index contributed by atoms with van der Waals surface area (Å²) < 4.78 is 18.9. The maximum absolute atomic E-state index is 14.0. The summed E-state index contributed by atoms with van der Waals surface area (Å²) in [6.45, 7) is 2.12. The van der Waals surface area contributed by atoms with Crippen LogP contribution in [0.3, 0.4) is 0 Å². The molecule has 2 heterocycles. The molecule has 192 valence electrons. The minimum absolute atomic E-state index is 0.0225. The molecule has 0 spiro atoms. The topological polar surface area (TPSA) is 52.9 Å². The van der Waals surface area contributed by atoms with Crippen LogP contribution in [0, 0.1) is 0 Å². The zero-order valence-corrected chi connectivity index (χ0v) is 22.0. The van der Waals surface area contributed by atoms with Gasteiger partial charge in [0.1, 0.15) is 5.75 Å². The molecule has 0 bridgehead atoms. The standard InChI is InChI=1S/C32H30N2O4/c1-20-17-29(34-26-11-7-5-9-23(26)24-10-6-8-12-27(24)34)25-19-22(36-2)14-15-28(25)33(20)32(35)21-13-16-30(37-3)31(18-21)38-4/h5-16,18-20,29H,17H2,1-4H3. The molecule has 38 heavy (non-hydrogen) atoms. The summed E-state index contributed by atoms with van der Waals surface area (Å²) in [6.07, 6.45) is 0.752. The normalized spacial score (nSPS) is 16.9. The van der Waals surface area contributed by atoms with Crippen LogP contribution < -0.4 is 19.1 Å². The minimum atomic E-state index is -0.0782. The number of carbonyl (C=O) groups excluding carboxylic acids is 1. The highest BCUT2D eigenvalue weighted by molar-refractivity contribution is 6.09. The van der Waals surface area contributed by atoms with Crippen LogP contribution in [-0.4, -0.2) is 37.8 Å². The summed E-state index contributed by atoms with van der Waals surface area (Å²) in [5.74, 6) is 1.81. The zero-order valence-electron chi connectivity index (χ0n) is 22.0. The van der Waals surface area contributed by atoms with Crippen molar-refractivity contribution in [2.24, 2.45) is 0 Å². The molecule has 1 aliphatic rings. The van der Waals surface area contributed by atoms with Gasteiger partial charge < -0.3 is 23.7 Å². The number of methoxy groups -OCH3 is 3. The fraction of sp³-hybridized carbons (Fsp3) is 0.219. The number of para-hydroxylation sites is 2. The Balaban J connectivity index is 1.53. The summed E-state index contributed by atoms with van der Waals surface area (Å²) in [6, 6.07) is 28.4. The molecule has 1 amide bonds. The molecule has 0 saturated heterocycles. The van der Waals surface area contributed by atoms with Crippen molar-refractivity contribution in [2.45, 2.75) is 25.4 Å². The average Bonchev–Trinajstić information content (AvgIpc) is 3.30. The van der Waals surface area contributed by atoms with Gasteiger partial charge in [0.15, 0.2) is 11.5 Å². The van der Waals surface area contributed by atoms with E-state index in [2.05, 4.69) is 66.1 Å². The van der Waals surface area contributed by atoms with Gasteiger partial charge >= 0.3 is 0 Å². The van der Waals surface area contributed by atoms with Gasteiger partial charge in [-0.15, -0.1) is 0 Å². The maximum atomic E-state index is 14.0. The van der Waals surface area contributed by atoms with Crippen LogP contribution in [0.25, 0.3) is 21.8 Å². The third kappa shape index (κ3) is 3.67. The highest BCUT2D eigenvalue weighted by Gasteiger charge is 2.36. The molecule has 6 heteroatoms. The number of amides is 1. The number of hydrogen-bond acceptors (Lipinski definition) is 4. The highest BCUT2D eigenvalue weighted by Crippen LogP contribution is 2.45. The molecule has 0 N–H and O–H groups in total. The molecule has 0 aliphatic carbocycles. The Hall–Kier alpha value is -4.45. The molecule has 2 unspecified atom stereocenters. The number of carbonyl (C=O) groups is 1. The second kappa shape index (κ2) is 9.45. The van der Waals surface area contributed by atoms with Crippen molar-refractivity contribution in [3.8, 4) is 17.2 Å². The highest BCUT2D eigenvalue weighted by atomic mass is 16.5. The van der Waals surface area contributed by atoms with E-state index in [1.54, 1.807) is 39.5 Å². The largest absolute Gasteiger partial charge is 0.497 e. The predicted octanol–water partition coefficient (Wildman–Crippen LogP) is 6.85. The van der Waals surface area contributed by atoms with Crippen LogP contribution in [0.4, 0.5) is 5.69 Å². The number of benzene rings is 4. The molecule has 6 rings (SSSR count). The van der Waals surface area contributed by atoms with E-state index in [0.29, 0.717) is 17.1 Å². The number of rotatable bonds is 5. The summed E-state index contributed by atoms with van der Waals surface area (Å²) in [5, 5.41) is 2.45. The predicted molar refractivity (Wildman–Crippen MR) is 151 cm³/mol. The SMILES string of the molecule is COc1ccc2c(c1)C(n1c3ccccc3c3ccccc31)CC(C)N2C(=O)c1ccc(OC)c(OC)c1. The second-order valence-electron chi connectivity index (χ2n) is 9.67. The second-order valence-corrected chi connectivity index (χ2v) is 9.67. The lowest BCUT2D eigenvalue weighted by Crippen LogP contribution is -2.44. The Bertz CT molecular complexity index is 1620. The van der Waals surface area contributed by atoms with Crippen molar-refractivity contribution in [1.29, 1.82) is 0 Å². The zero-order chi connectivity index (χ0) is 26.4. The van der Waals surface area contributed by atoms with Crippen molar-refractivity contribution < 1.29 is 19.0 Å². The molecule has 0 fully saturated rings. The van der Waals surface area contributed by atoms with E-state index in [4.69, 9.17) is 14.2 Å². The number of nitrogens with zero attached hydrogens (tertiary/aromatic N) is 2. The van der Waals surface area contributed by atoms with E-state index in [1.807, 2.05) is 17.0 Å². The maximum Gasteiger partial charge on any atom is 0.258 e. The fourth-order valence-electron chi connectivity index (χ4n) is 5.89. The van der Waals surface area contributed by atoms with Crippen LogP contribution in [0.2, 0.25) is 0 Å². The lowest BCUT2D eigenvalue weighted by Gasteiger charge is -2.40. The quantitative estimate of drug-likeness (QED) is 0.262. The van der Waals surface area contributed by atoms with Gasteiger partial charge in [-0.2, -0.15) is 0 Å². The first-order valence-corrected chi connectivity index (χ1v) is 12.8. The van der Waals surface area contributed by atoms with Crippen LogP contribution >= 0.6 is 0 Å². The molecule has 6 nitrogen and oxygen atoms in total. The van der Waals surface area contributed by atoms with Gasteiger partial charge in [-0.3, -0.25) is 4.79 Å². The van der Waals surface area contributed by atoms with Crippen LogP contribution in [0.5, 0.6) is 17.2 Å². The Morgan fingerprint density at radius 1 is 0.763 bits per heavy atom. The number of fused-ring (bicyclic) bond motifs is 4. The lowest BCUT2D eigenvalue weighted by atomic mass is 9.90. The van der Waals surface area contributed by atoms with Crippen molar-refractivity contribution in [1.82, 2.24) is 4.57 Å². The third-order valence-electron chi connectivity index (χ3n) is 7.64. The molecule has 4 aromatic carbocycles. The van der Waals surface area contributed by atoms with Crippen molar-refractivity contribution in [3.63, 3.8) is 0 Å². The summed E-state index contributed by atoms with van der Waals surface area (Å²) in [5.41, 5.74) is 4.85. The van der Waals surface area contributed by atoms with Crippen LogP contribution in [-0.2, 0) is 0 Å². The molecule has 1 aromatic heterocycles. The molecular formula is C32H30N2O4. The van der Waals surface area contributed by atoms with E-state index in [9.17, 15) is 4.79 Å². The van der Waals surface area contributed by atoms with Crippen molar-refractivity contribution in [2.75, 3.05) is 26.2 Å². The molecule has 0 radical (unpaired) electrons. The number of aromatic nitrogens is 1. The molecular weight excluding hydrogens is 476 g/mol. The van der Waals surface area contributed by atoms with E-state index < -0.39 is 0 Å². The summed E-state index contributed by atoms with van der Waals surface area (Å²) >= 11 is 0. The molecule has 2 atom stereocenters. The van der Waals surface area contributed by atoms with Gasteiger partial charge in [-0.1, -0.05) is 36.4 Å². The fourth-order valence-corrected chi connectivity index (χ4v) is 5.89. The lowest BCUT2D eigenvalue weighted by molar-refractivity contribution is 0.0972. The smallest absolute Gasteiger partial charge is 0.258 e. The number of anilines is 1. The Morgan fingerprint density at radius 3 is 2.05 bits per heavy atom. The van der Waals surface area contributed by atoms with Crippen LogP contribution in [0.15, 0.2) is 84.9 Å². The first kappa shape index (κ1) is 23.9. The minimum Gasteiger partial charge on any atom is -0.497 e. The summed E-state index contributed by atoms with van der Waals surface area (Å²) in [4.78, 5) is 15.9. The summed E-state index contributed by atoms with van der Waals surface area (Å²) in [7, 11) is 4.84. The molecule has 1 aliphatic heterocycles. The van der Waals surface area contributed by atoms with Gasteiger partial charge in [0, 0.05) is 44.7 Å². The first-order chi connectivity index (χ1) is 18.5. The number of hydrogen-bond donors (Lipinski definition) is 0. The Labute approximate surface area is 222 Å². The van der Waals surface area contributed by atoms with Gasteiger partial charge in [-0.25, -0.2) is 0 Å². The van der Waals surface area contributed by atoms with Crippen molar-refractivity contribution >= 4 is 33.4 Å². The first-order valence-electron chi connectivity index (χ1n) is 12.8. The molecule has 0 saturated carbocycles. The van der Waals surface area contributed by atoms with E-state index in [1.165, 1.54) is 21.8 Å². The Morgan fingerprint density at radius 2 is 1.42 bits per heavy atom. The third-order valence-corrected chi connectivity index (χ3v) is 7.64. The monoisotopic (exact) mass is 506 g/mol. The number of ether oxygens (including phenoxy) is 3. The van der Waals surface area contributed by atoms with Gasteiger partial charge in [0.25, 0.3) is 5.91 Å². The Kier molecular flexibility index (Phi) is 5.95.